The predicted octanol–water partition coefficient (Wildman–Crippen LogP) is 3.23. The summed E-state index contributed by atoms with van der Waals surface area (Å²) in [5, 5.41) is 3.88. The van der Waals surface area contributed by atoms with Crippen LogP contribution in [0.4, 0.5) is 4.39 Å². The van der Waals surface area contributed by atoms with Gasteiger partial charge in [0.05, 0.1) is 6.04 Å². The molecule has 0 radical (unpaired) electrons. The Morgan fingerprint density at radius 3 is 2.79 bits per heavy atom. The number of hydrogen-bond donors (Lipinski definition) is 1. The van der Waals surface area contributed by atoms with Crippen molar-refractivity contribution in [2.45, 2.75) is 33.2 Å². The second-order valence-corrected chi connectivity index (χ2v) is 5.15. The minimum Gasteiger partial charge on any atom is -0.337 e. The van der Waals surface area contributed by atoms with E-state index in [0.29, 0.717) is 23.2 Å². The van der Waals surface area contributed by atoms with Gasteiger partial charge < -0.3 is 10.3 Å². The van der Waals surface area contributed by atoms with Crippen molar-refractivity contribution in [3.8, 4) is 11.4 Å². The zero-order valence-electron chi connectivity index (χ0n) is 11.4. The number of nitrogens with zero attached hydrogens (tertiary/aromatic N) is 2. The molecule has 0 fully saturated rings. The molecule has 1 atom stereocenters. The molecule has 0 amide bonds. The van der Waals surface area contributed by atoms with Gasteiger partial charge in [-0.25, -0.2) is 4.39 Å². The van der Waals surface area contributed by atoms with Gasteiger partial charge in [-0.3, -0.25) is 0 Å². The minimum absolute atomic E-state index is 0.282. The van der Waals surface area contributed by atoms with E-state index >= 15 is 0 Å². The monoisotopic (exact) mass is 263 g/mol. The molecule has 0 saturated carbocycles. The fourth-order valence-corrected chi connectivity index (χ4v) is 1.94. The Balaban J connectivity index is 2.28. The summed E-state index contributed by atoms with van der Waals surface area (Å²) < 4.78 is 18.4. The van der Waals surface area contributed by atoms with E-state index in [4.69, 9.17) is 10.3 Å². The van der Waals surface area contributed by atoms with Crippen molar-refractivity contribution in [3.05, 3.63) is 35.5 Å². The lowest BCUT2D eigenvalue weighted by molar-refractivity contribution is 0.335. The molecule has 1 heterocycles. The molecule has 5 heteroatoms. The van der Waals surface area contributed by atoms with Gasteiger partial charge in [-0.15, -0.1) is 0 Å². The van der Waals surface area contributed by atoms with Gasteiger partial charge >= 0.3 is 0 Å². The Bertz CT molecular complexity index is 566. The summed E-state index contributed by atoms with van der Waals surface area (Å²) in [5.74, 6) is 0.901. The van der Waals surface area contributed by atoms with E-state index in [0.717, 1.165) is 12.0 Å². The minimum atomic E-state index is -0.321. The number of hydrogen-bond acceptors (Lipinski definition) is 4. The summed E-state index contributed by atoms with van der Waals surface area (Å²) in [6.07, 6.45) is 0.768. The molecular formula is C14H18FN3O. The summed E-state index contributed by atoms with van der Waals surface area (Å²) in [6, 6.07) is 4.21. The van der Waals surface area contributed by atoms with E-state index in [1.54, 1.807) is 6.07 Å². The molecule has 4 nitrogen and oxygen atoms in total. The van der Waals surface area contributed by atoms with Crippen LogP contribution in [0.15, 0.2) is 22.7 Å². The Kier molecular flexibility index (Phi) is 3.95. The van der Waals surface area contributed by atoms with Gasteiger partial charge in [-0.1, -0.05) is 25.1 Å². The Morgan fingerprint density at radius 2 is 2.11 bits per heavy atom. The molecule has 0 spiro atoms. The van der Waals surface area contributed by atoms with Crippen molar-refractivity contribution < 1.29 is 8.91 Å². The van der Waals surface area contributed by atoms with Crippen molar-refractivity contribution >= 4 is 0 Å². The molecule has 2 N–H and O–H groups in total. The quantitative estimate of drug-likeness (QED) is 0.919. The van der Waals surface area contributed by atoms with Gasteiger partial charge in [0.15, 0.2) is 0 Å². The van der Waals surface area contributed by atoms with Crippen LogP contribution in [0.2, 0.25) is 0 Å². The molecule has 2 aromatic rings. The fraction of sp³-hybridized carbons (Fsp3) is 0.429. The molecule has 0 saturated heterocycles. The highest BCUT2D eigenvalue weighted by Gasteiger charge is 2.17. The average molecular weight is 263 g/mol. The number of rotatable bonds is 4. The molecule has 19 heavy (non-hydrogen) atoms. The summed E-state index contributed by atoms with van der Waals surface area (Å²) in [4.78, 5) is 4.27. The maximum absolute atomic E-state index is 13.3. The summed E-state index contributed by atoms with van der Waals surface area (Å²) >= 11 is 0. The number of aryl methyl sites for hydroxylation is 1. The van der Waals surface area contributed by atoms with Gasteiger partial charge in [0.1, 0.15) is 5.82 Å². The predicted molar refractivity (Wildman–Crippen MR) is 70.8 cm³/mol. The molecule has 1 aromatic carbocycles. The van der Waals surface area contributed by atoms with Gasteiger partial charge in [0.2, 0.25) is 11.7 Å². The summed E-state index contributed by atoms with van der Waals surface area (Å²) in [7, 11) is 0. The van der Waals surface area contributed by atoms with E-state index in [9.17, 15) is 4.39 Å². The van der Waals surface area contributed by atoms with Crippen LogP contribution in [0.1, 0.15) is 37.8 Å². The van der Waals surface area contributed by atoms with Crippen LogP contribution < -0.4 is 5.73 Å². The maximum atomic E-state index is 13.3. The second-order valence-electron chi connectivity index (χ2n) is 5.15. The van der Waals surface area contributed by atoms with Crippen LogP contribution in [0.5, 0.6) is 0 Å². The zero-order valence-corrected chi connectivity index (χ0v) is 11.4. The first-order valence-corrected chi connectivity index (χ1v) is 6.33. The molecule has 0 aliphatic heterocycles. The summed E-state index contributed by atoms with van der Waals surface area (Å²) in [5.41, 5.74) is 7.51. The molecule has 0 unspecified atom stereocenters. The van der Waals surface area contributed by atoms with Crippen LogP contribution in [-0.2, 0) is 0 Å². The molecular weight excluding hydrogens is 245 g/mol. The molecule has 0 aliphatic carbocycles. The Hall–Kier alpha value is -1.75. The maximum Gasteiger partial charge on any atom is 0.243 e. The fourth-order valence-electron chi connectivity index (χ4n) is 1.94. The van der Waals surface area contributed by atoms with Crippen molar-refractivity contribution in [2.75, 3.05) is 0 Å². The highest BCUT2D eigenvalue weighted by Crippen LogP contribution is 2.24. The highest BCUT2D eigenvalue weighted by atomic mass is 19.1. The average Bonchev–Trinajstić information content (AvgIpc) is 2.80. The number of halogens is 1. The van der Waals surface area contributed by atoms with E-state index in [1.165, 1.54) is 12.1 Å². The summed E-state index contributed by atoms with van der Waals surface area (Å²) in [6.45, 7) is 6.03. The third-order valence-corrected chi connectivity index (χ3v) is 2.92. The Morgan fingerprint density at radius 1 is 1.37 bits per heavy atom. The highest BCUT2D eigenvalue weighted by molar-refractivity contribution is 5.59. The smallest absolute Gasteiger partial charge is 0.243 e. The third kappa shape index (κ3) is 3.17. The van der Waals surface area contributed by atoms with Crippen LogP contribution in [0, 0.1) is 18.7 Å². The van der Waals surface area contributed by atoms with E-state index in [-0.39, 0.29) is 11.9 Å². The van der Waals surface area contributed by atoms with Crippen molar-refractivity contribution in [2.24, 2.45) is 11.7 Å². The van der Waals surface area contributed by atoms with E-state index in [2.05, 4.69) is 24.0 Å². The van der Waals surface area contributed by atoms with E-state index in [1.807, 2.05) is 6.92 Å². The lowest BCUT2D eigenvalue weighted by atomic mass is 10.0. The van der Waals surface area contributed by atoms with Crippen LogP contribution in [0.25, 0.3) is 11.4 Å². The number of nitrogens with two attached hydrogens (primary N) is 1. The van der Waals surface area contributed by atoms with Gasteiger partial charge in [-0.2, -0.15) is 4.98 Å². The topological polar surface area (TPSA) is 64.9 Å². The zero-order chi connectivity index (χ0) is 14.0. The van der Waals surface area contributed by atoms with Gasteiger partial charge in [0, 0.05) is 5.56 Å². The standard InChI is InChI=1S/C14H18FN3O/c1-8(2)6-12(16)14-17-13(18-19-14)11-7-10(15)5-4-9(11)3/h4-5,7-8,12H,6,16H2,1-3H3/t12-/m0/s1. The van der Waals surface area contributed by atoms with Crippen molar-refractivity contribution in [1.29, 1.82) is 0 Å². The first kappa shape index (κ1) is 13.7. The molecule has 0 aliphatic rings. The van der Waals surface area contributed by atoms with Crippen LogP contribution >= 0.6 is 0 Å². The third-order valence-electron chi connectivity index (χ3n) is 2.92. The van der Waals surface area contributed by atoms with E-state index < -0.39 is 0 Å². The molecule has 0 bridgehead atoms. The van der Waals surface area contributed by atoms with Gasteiger partial charge in [-0.05, 0) is 37.0 Å². The number of benzene rings is 1. The Labute approximate surface area is 111 Å². The SMILES string of the molecule is Cc1ccc(F)cc1-c1noc([C@@H](N)CC(C)C)n1. The largest absolute Gasteiger partial charge is 0.337 e. The van der Waals surface area contributed by atoms with Crippen LogP contribution in [-0.4, -0.2) is 10.1 Å². The molecule has 102 valence electrons. The first-order chi connectivity index (χ1) is 8.97. The van der Waals surface area contributed by atoms with Gasteiger partial charge in [0.25, 0.3) is 0 Å². The first-order valence-electron chi connectivity index (χ1n) is 6.33. The molecule has 2 rings (SSSR count). The number of aromatic nitrogens is 2. The normalized spacial score (nSPS) is 12.9. The lowest BCUT2D eigenvalue weighted by Gasteiger charge is -2.08. The molecule has 1 aromatic heterocycles. The van der Waals surface area contributed by atoms with Crippen molar-refractivity contribution in [1.82, 2.24) is 10.1 Å². The van der Waals surface area contributed by atoms with Crippen LogP contribution in [0.3, 0.4) is 0 Å². The lowest BCUT2D eigenvalue weighted by Crippen LogP contribution is -2.13. The van der Waals surface area contributed by atoms with Crippen molar-refractivity contribution in [3.63, 3.8) is 0 Å². The second kappa shape index (κ2) is 5.48.